The Hall–Kier alpha value is -1.27. The van der Waals surface area contributed by atoms with Gasteiger partial charge in [0.2, 0.25) is 0 Å². The Labute approximate surface area is 146 Å². The van der Waals surface area contributed by atoms with Crippen molar-refractivity contribution >= 4 is 0 Å². The van der Waals surface area contributed by atoms with Gasteiger partial charge in [0.1, 0.15) is 13.3 Å². The van der Waals surface area contributed by atoms with Crippen LogP contribution in [0.3, 0.4) is 0 Å². The van der Waals surface area contributed by atoms with E-state index in [4.69, 9.17) is 14.2 Å². The fourth-order valence-corrected chi connectivity index (χ4v) is 3.73. The Morgan fingerprint density at radius 1 is 1.00 bits per heavy atom. The Morgan fingerprint density at radius 2 is 1.60 bits per heavy atom. The minimum absolute atomic E-state index is 0.276. The molecule has 1 aromatic rings. The molecular formula is C19H25F3O3. The highest BCUT2D eigenvalue weighted by Gasteiger charge is 2.32. The fourth-order valence-electron chi connectivity index (χ4n) is 3.73. The number of hydrogen-bond donors (Lipinski definition) is 0. The molecule has 1 saturated carbocycles. The van der Waals surface area contributed by atoms with E-state index in [1.807, 2.05) is 0 Å². The number of hydrogen-bond acceptors (Lipinski definition) is 3. The Bertz CT molecular complexity index is 542. The number of rotatable bonds is 5. The summed E-state index contributed by atoms with van der Waals surface area (Å²) in [7, 11) is 0. The lowest BCUT2D eigenvalue weighted by Gasteiger charge is -2.37. The SMILES string of the molecule is CC1CCC(C2COC(c3cc(F)c(OCCF)c(F)c3)OC2)CC1. The zero-order valence-corrected chi connectivity index (χ0v) is 14.5. The van der Waals surface area contributed by atoms with Gasteiger partial charge >= 0.3 is 0 Å². The van der Waals surface area contributed by atoms with Crippen molar-refractivity contribution in [1.29, 1.82) is 0 Å². The topological polar surface area (TPSA) is 27.7 Å². The van der Waals surface area contributed by atoms with E-state index in [0.717, 1.165) is 18.1 Å². The summed E-state index contributed by atoms with van der Waals surface area (Å²) in [6.07, 6.45) is 4.07. The summed E-state index contributed by atoms with van der Waals surface area (Å²) in [5.41, 5.74) is 0.276. The first-order valence-corrected chi connectivity index (χ1v) is 8.99. The van der Waals surface area contributed by atoms with Gasteiger partial charge < -0.3 is 14.2 Å². The Kier molecular flexibility index (Phi) is 6.23. The van der Waals surface area contributed by atoms with Crippen LogP contribution in [0.15, 0.2) is 12.1 Å². The Morgan fingerprint density at radius 3 is 2.16 bits per heavy atom. The first-order chi connectivity index (χ1) is 12.1. The molecule has 0 aromatic heterocycles. The van der Waals surface area contributed by atoms with E-state index in [9.17, 15) is 13.2 Å². The molecule has 0 unspecified atom stereocenters. The van der Waals surface area contributed by atoms with Gasteiger partial charge in [-0.1, -0.05) is 19.8 Å². The molecule has 0 spiro atoms. The second kappa shape index (κ2) is 8.41. The van der Waals surface area contributed by atoms with Crippen LogP contribution in [0.2, 0.25) is 0 Å². The maximum Gasteiger partial charge on any atom is 0.190 e. The van der Waals surface area contributed by atoms with Crippen LogP contribution in [0.25, 0.3) is 0 Å². The zero-order chi connectivity index (χ0) is 17.8. The lowest BCUT2D eigenvalue weighted by Crippen LogP contribution is -2.34. The molecule has 0 atom stereocenters. The summed E-state index contributed by atoms with van der Waals surface area (Å²) >= 11 is 0. The van der Waals surface area contributed by atoms with E-state index >= 15 is 0 Å². The van der Waals surface area contributed by atoms with Crippen LogP contribution in [0.1, 0.15) is 44.5 Å². The van der Waals surface area contributed by atoms with Crippen LogP contribution in [0.4, 0.5) is 13.2 Å². The number of halogens is 3. The van der Waals surface area contributed by atoms with E-state index in [1.165, 1.54) is 25.7 Å². The minimum Gasteiger partial charge on any atom is -0.485 e. The van der Waals surface area contributed by atoms with Gasteiger partial charge in [-0.2, -0.15) is 0 Å². The van der Waals surface area contributed by atoms with E-state index < -0.39 is 30.3 Å². The predicted molar refractivity (Wildman–Crippen MR) is 87.1 cm³/mol. The number of benzene rings is 1. The third kappa shape index (κ3) is 4.47. The molecule has 140 valence electrons. The lowest BCUT2D eigenvalue weighted by atomic mass is 9.76. The van der Waals surface area contributed by atoms with E-state index in [2.05, 4.69) is 6.92 Å². The molecule has 1 aliphatic carbocycles. The molecule has 2 aliphatic rings. The normalized spacial score (nSPS) is 30.2. The summed E-state index contributed by atoms with van der Waals surface area (Å²) in [5, 5.41) is 0. The van der Waals surface area contributed by atoms with Crippen LogP contribution < -0.4 is 4.74 Å². The summed E-state index contributed by atoms with van der Waals surface area (Å²) in [5.74, 6) is -0.587. The Balaban J connectivity index is 1.59. The maximum absolute atomic E-state index is 14.0. The van der Waals surface area contributed by atoms with Crippen molar-refractivity contribution in [3.8, 4) is 5.75 Å². The van der Waals surface area contributed by atoms with Crippen molar-refractivity contribution in [2.45, 2.75) is 38.9 Å². The molecule has 1 aliphatic heterocycles. The van der Waals surface area contributed by atoms with Gasteiger partial charge in [-0.3, -0.25) is 0 Å². The summed E-state index contributed by atoms with van der Waals surface area (Å²) in [6.45, 7) is 2.16. The molecule has 0 bridgehead atoms. The third-order valence-electron chi connectivity index (χ3n) is 5.27. The molecule has 1 saturated heterocycles. The van der Waals surface area contributed by atoms with E-state index in [-0.39, 0.29) is 12.2 Å². The highest BCUT2D eigenvalue weighted by Crippen LogP contribution is 2.37. The largest absolute Gasteiger partial charge is 0.485 e. The second-order valence-electron chi connectivity index (χ2n) is 7.13. The van der Waals surface area contributed by atoms with E-state index in [0.29, 0.717) is 25.0 Å². The van der Waals surface area contributed by atoms with Gasteiger partial charge in [-0.25, -0.2) is 13.2 Å². The average molecular weight is 358 g/mol. The van der Waals surface area contributed by atoms with Gasteiger partial charge in [0, 0.05) is 11.5 Å². The first kappa shape index (κ1) is 18.5. The average Bonchev–Trinajstić information content (AvgIpc) is 2.62. The summed E-state index contributed by atoms with van der Waals surface area (Å²) in [6, 6.07) is 2.26. The smallest absolute Gasteiger partial charge is 0.190 e. The van der Waals surface area contributed by atoms with Gasteiger partial charge in [-0.05, 0) is 36.8 Å². The summed E-state index contributed by atoms with van der Waals surface area (Å²) < 4.78 is 56.3. The standard InChI is InChI=1S/C19H25F3O3/c1-12-2-4-13(5-3-12)15-10-24-19(25-11-15)14-8-16(21)18(17(22)9-14)23-7-6-20/h8-9,12-13,15,19H,2-7,10-11H2,1H3. The van der Waals surface area contributed by atoms with Gasteiger partial charge in [0.25, 0.3) is 0 Å². The van der Waals surface area contributed by atoms with Crippen LogP contribution in [-0.4, -0.2) is 26.5 Å². The highest BCUT2D eigenvalue weighted by molar-refractivity contribution is 5.32. The quantitative estimate of drug-likeness (QED) is 0.757. The molecule has 6 heteroatoms. The maximum atomic E-state index is 14.0. The monoisotopic (exact) mass is 358 g/mol. The molecule has 0 radical (unpaired) electrons. The molecule has 3 nitrogen and oxygen atoms in total. The van der Waals surface area contributed by atoms with Crippen LogP contribution >= 0.6 is 0 Å². The van der Waals surface area contributed by atoms with Crippen LogP contribution in [-0.2, 0) is 9.47 Å². The molecule has 25 heavy (non-hydrogen) atoms. The first-order valence-electron chi connectivity index (χ1n) is 8.99. The fraction of sp³-hybridized carbons (Fsp3) is 0.684. The molecule has 3 rings (SSSR count). The molecule has 1 aromatic carbocycles. The minimum atomic E-state index is -0.876. The number of alkyl halides is 1. The third-order valence-corrected chi connectivity index (χ3v) is 5.27. The zero-order valence-electron chi connectivity index (χ0n) is 14.5. The lowest BCUT2D eigenvalue weighted by molar-refractivity contribution is -0.214. The summed E-state index contributed by atoms with van der Waals surface area (Å²) in [4.78, 5) is 0. The van der Waals surface area contributed by atoms with Crippen LogP contribution in [0.5, 0.6) is 5.75 Å². The van der Waals surface area contributed by atoms with Gasteiger partial charge in [-0.15, -0.1) is 0 Å². The van der Waals surface area contributed by atoms with Crippen molar-refractivity contribution in [2.24, 2.45) is 17.8 Å². The van der Waals surface area contributed by atoms with Crippen molar-refractivity contribution in [3.05, 3.63) is 29.3 Å². The molecule has 0 N–H and O–H groups in total. The number of ether oxygens (including phenoxy) is 3. The van der Waals surface area contributed by atoms with Gasteiger partial charge in [0.15, 0.2) is 23.7 Å². The molecule has 2 fully saturated rings. The molecular weight excluding hydrogens is 333 g/mol. The molecule has 1 heterocycles. The van der Waals surface area contributed by atoms with Crippen molar-refractivity contribution in [2.75, 3.05) is 26.5 Å². The highest BCUT2D eigenvalue weighted by atomic mass is 19.1. The van der Waals surface area contributed by atoms with Crippen LogP contribution in [0, 0.1) is 29.4 Å². The molecule has 0 amide bonds. The van der Waals surface area contributed by atoms with Gasteiger partial charge in [0.05, 0.1) is 13.2 Å². The van der Waals surface area contributed by atoms with Crippen molar-refractivity contribution in [1.82, 2.24) is 0 Å². The van der Waals surface area contributed by atoms with E-state index in [1.54, 1.807) is 0 Å². The van der Waals surface area contributed by atoms with Crippen molar-refractivity contribution < 1.29 is 27.4 Å². The predicted octanol–water partition coefficient (Wildman–Crippen LogP) is 4.80. The van der Waals surface area contributed by atoms with Crippen molar-refractivity contribution in [3.63, 3.8) is 0 Å². The second-order valence-corrected chi connectivity index (χ2v) is 7.13.